The van der Waals surface area contributed by atoms with Crippen LogP contribution >= 0.6 is 12.2 Å². The normalized spacial score (nSPS) is 10.3. The number of aliphatic hydroxyl groups is 1. The van der Waals surface area contributed by atoms with Gasteiger partial charge in [0.15, 0.2) is 0 Å². The van der Waals surface area contributed by atoms with Gasteiger partial charge in [-0.1, -0.05) is 30.4 Å². The predicted octanol–water partition coefficient (Wildman–Crippen LogP) is 2.96. The first-order valence-corrected chi connectivity index (χ1v) is 6.79. The highest BCUT2D eigenvalue weighted by Crippen LogP contribution is 2.27. The summed E-state index contributed by atoms with van der Waals surface area (Å²) in [4.78, 5) is 0.384. The van der Waals surface area contributed by atoms with E-state index in [2.05, 4.69) is 0 Å². The van der Waals surface area contributed by atoms with Gasteiger partial charge in [0.05, 0.1) is 0 Å². The maximum absolute atomic E-state index is 9.07. The van der Waals surface area contributed by atoms with Crippen LogP contribution in [0.2, 0.25) is 0 Å². The Morgan fingerprint density at radius 3 is 2.65 bits per heavy atom. The van der Waals surface area contributed by atoms with Gasteiger partial charge in [0, 0.05) is 12.2 Å². The molecule has 0 aliphatic heterocycles. The van der Waals surface area contributed by atoms with E-state index in [0.29, 0.717) is 11.4 Å². The number of aryl methyl sites for hydroxylation is 1. The van der Waals surface area contributed by atoms with Gasteiger partial charge in [-0.25, -0.2) is 0 Å². The van der Waals surface area contributed by atoms with Crippen molar-refractivity contribution in [3.8, 4) is 11.5 Å². The van der Waals surface area contributed by atoms with Gasteiger partial charge >= 0.3 is 0 Å². The van der Waals surface area contributed by atoms with E-state index in [4.69, 9.17) is 27.8 Å². The molecule has 0 heterocycles. The van der Waals surface area contributed by atoms with Crippen LogP contribution in [0.3, 0.4) is 0 Å². The lowest BCUT2D eigenvalue weighted by Crippen LogP contribution is -2.10. The highest BCUT2D eigenvalue weighted by atomic mass is 32.1. The van der Waals surface area contributed by atoms with E-state index in [1.807, 2.05) is 49.4 Å². The Kier molecular flexibility index (Phi) is 4.71. The number of thiocarbonyl (C=S) groups is 1. The summed E-state index contributed by atoms with van der Waals surface area (Å²) in [6.07, 6.45) is 0.570. The Labute approximate surface area is 124 Å². The van der Waals surface area contributed by atoms with Crippen LogP contribution in [0.1, 0.15) is 16.7 Å². The fraction of sp³-hybridized carbons (Fsp3) is 0.188. The summed E-state index contributed by atoms with van der Waals surface area (Å²) in [5.74, 6) is 1.48. The molecule has 3 nitrogen and oxygen atoms in total. The van der Waals surface area contributed by atoms with Crippen molar-refractivity contribution < 1.29 is 9.84 Å². The SMILES string of the molecule is Cc1cc(Oc2ccccc2CCO)ccc1C(N)=S. The number of aliphatic hydroxyl groups excluding tert-OH is 1. The highest BCUT2D eigenvalue weighted by molar-refractivity contribution is 7.80. The first-order chi connectivity index (χ1) is 9.61. The molecule has 0 unspecified atom stereocenters. The highest BCUT2D eigenvalue weighted by Gasteiger charge is 2.07. The van der Waals surface area contributed by atoms with E-state index in [1.54, 1.807) is 0 Å². The lowest BCUT2D eigenvalue weighted by molar-refractivity contribution is 0.298. The molecule has 104 valence electrons. The maximum Gasteiger partial charge on any atom is 0.130 e. The number of hydrogen-bond acceptors (Lipinski definition) is 3. The van der Waals surface area contributed by atoms with Crippen molar-refractivity contribution in [1.29, 1.82) is 0 Å². The number of para-hydroxylation sites is 1. The summed E-state index contributed by atoms with van der Waals surface area (Å²) >= 11 is 4.99. The van der Waals surface area contributed by atoms with Crippen molar-refractivity contribution in [3.05, 3.63) is 59.2 Å². The number of hydrogen-bond donors (Lipinski definition) is 2. The number of nitrogens with two attached hydrogens (primary N) is 1. The molecule has 0 aliphatic rings. The molecule has 0 amide bonds. The molecule has 2 aromatic carbocycles. The minimum absolute atomic E-state index is 0.0970. The molecule has 4 heteroatoms. The minimum Gasteiger partial charge on any atom is -0.457 e. The third-order valence-electron chi connectivity index (χ3n) is 3.04. The van der Waals surface area contributed by atoms with Crippen molar-refractivity contribution >= 4 is 17.2 Å². The van der Waals surface area contributed by atoms with Crippen molar-refractivity contribution in [1.82, 2.24) is 0 Å². The van der Waals surface area contributed by atoms with Crippen LogP contribution in [0.15, 0.2) is 42.5 Å². The summed E-state index contributed by atoms with van der Waals surface area (Å²) in [5, 5.41) is 9.07. The molecule has 0 saturated heterocycles. The summed E-state index contributed by atoms with van der Waals surface area (Å²) in [5.41, 5.74) is 8.46. The van der Waals surface area contributed by atoms with Crippen LogP contribution in [0, 0.1) is 6.92 Å². The summed E-state index contributed by atoms with van der Waals surface area (Å²) < 4.78 is 5.88. The van der Waals surface area contributed by atoms with Gasteiger partial charge in [-0.15, -0.1) is 0 Å². The second kappa shape index (κ2) is 6.50. The van der Waals surface area contributed by atoms with Crippen LogP contribution in [-0.2, 0) is 6.42 Å². The van der Waals surface area contributed by atoms with Crippen molar-refractivity contribution in [3.63, 3.8) is 0 Å². The molecule has 0 atom stereocenters. The van der Waals surface area contributed by atoms with E-state index >= 15 is 0 Å². The topological polar surface area (TPSA) is 55.5 Å². The average molecular weight is 287 g/mol. The van der Waals surface area contributed by atoms with Crippen LogP contribution < -0.4 is 10.5 Å². The third kappa shape index (κ3) is 3.35. The molecule has 0 bridgehead atoms. The quantitative estimate of drug-likeness (QED) is 0.830. The van der Waals surface area contributed by atoms with Gasteiger partial charge in [-0.2, -0.15) is 0 Å². The van der Waals surface area contributed by atoms with Crippen molar-refractivity contribution in [2.24, 2.45) is 5.73 Å². The molecule has 3 N–H and O–H groups in total. The van der Waals surface area contributed by atoms with E-state index in [9.17, 15) is 0 Å². The van der Waals surface area contributed by atoms with Gasteiger partial charge in [0.25, 0.3) is 0 Å². The maximum atomic E-state index is 9.07. The first-order valence-electron chi connectivity index (χ1n) is 6.39. The Morgan fingerprint density at radius 1 is 1.25 bits per heavy atom. The zero-order chi connectivity index (χ0) is 14.5. The van der Waals surface area contributed by atoms with Crippen LogP contribution in [0.4, 0.5) is 0 Å². The Morgan fingerprint density at radius 2 is 2.00 bits per heavy atom. The monoisotopic (exact) mass is 287 g/mol. The van der Waals surface area contributed by atoms with Gasteiger partial charge in [-0.05, 0) is 48.7 Å². The Bertz CT molecular complexity index is 626. The fourth-order valence-corrected chi connectivity index (χ4v) is 2.26. The number of rotatable bonds is 5. The molecule has 0 radical (unpaired) electrons. The van der Waals surface area contributed by atoms with Crippen LogP contribution in [0.5, 0.6) is 11.5 Å². The largest absolute Gasteiger partial charge is 0.457 e. The summed E-state index contributed by atoms with van der Waals surface area (Å²) in [6.45, 7) is 2.04. The molecule has 20 heavy (non-hydrogen) atoms. The molecule has 2 aromatic rings. The van der Waals surface area contributed by atoms with Crippen molar-refractivity contribution in [2.45, 2.75) is 13.3 Å². The van der Waals surface area contributed by atoms with E-state index in [-0.39, 0.29) is 6.61 Å². The summed E-state index contributed by atoms with van der Waals surface area (Å²) in [7, 11) is 0. The molecular weight excluding hydrogens is 270 g/mol. The van der Waals surface area contributed by atoms with E-state index < -0.39 is 0 Å². The summed E-state index contributed by atoms with van der Waals surface area (Å²) in [6, 6.07) is 13.3. The minimum atomic E-state index is 0.0970. The van der Waals surface area contributed by atoms with Crippen LogP contribution in [-0.4, -0.2) is 16.7 Å². The molecule has 0 aromatic heterocycles. The molecule has 0 saturated carbocycles. The number of ether oxygens (including phenoxy) is 1. The van der Waals surface area contributed by atoms with Gasteiger partial charge in [0.1, 0.15) is 16.5 Å². The van der Waals surface area contributed by atoms with Gasteiger partial charge < -0.3 is 15.6 Å². The Balaban J connectivity index is 2.26. The Hall–Kier alpha value is -1.91. The zero-order valence-electron chi connectivity index (χ0n) is 11.3. The van der Waals surface area contributed by atoms with Crippen molar-refractivity contribution in [2.75, 3.05) is 6.61 Å². The van der Waals surface area contributed by atoms with Gasteiger partial charge in [0.2, 0.25) is 0 Å². The molecule has 0 fully saturated rings. The lowest BCUT2D eigenvalue weighted by atomic mass is 10.1. The van der Waals surface area contributed by atoms with E-state index in [1.165, 1.54) is 0 Å². The standard InChI is InChI=1S/C16H17NO2S/c1-11-10-13(6-7-14(11)16(17)20)19-15-5-3-2-4-12(15)8-9-18/h2-7,10,18H,8-9H2,1H3,(H2,17,20). The van der Waals surface area contributed by atoms with Gasteiger partial charge in [-0.3, -0.25) is 0 Å². The lowest BCUT2D eigenvalue weighted by Gasteiger charge is -2.12. The first kappa shape index (κ1) is 14.5. The van der Waals surface area contributed by atoms with Crippen LogP contribution in [0.25, 0.3) is 0 Å². The number of benzene rings is 2. The third-order valence-corrected chi connectivity index (χ3v) is 3.26. The average Bonchev–Trinajstić information content (AvgIpc) is 2.41. The molecule has 0 aliphatic carbocycles. The second-order valence-corrected chi connectivity index (χ2v) is 4.96. The molecular formula is C16H17NO2S. The second-order valence-electron chi connectivity index (χ2n) is 4.52. The predicted molar refractivity (Wildman–Crippen MR) is 84.4 cm³/mol. The molecule has 0 spiro atoms. The zero-order valence-corrected chi connectivity index (χ0v) is 12.1. The fourth-order valence-electron chi connectivity index (χ4n) is 2.03. The molecule has 2 rings (SSSR count). The smallest absolute Gasteiger partial charge is 0.130 e. The van der Waals surface area contributed by atoms with E-state index in [0.717, 1.165) is 28.2 Å².